The number of hydrogen-bond acceptors (Lipinski definition) is 8. The molecule has 5 rings (SSSR count). The molecular weight excluding hydrogens is 528 g/mol. The van der Waals surface area contributed by atoms with Crippen molar-refractivity contribution < 1.29 is 33.9 Å². The zero-order valence-corrected chi connectivity index (χ0v) is 24.5. The molecule has 2 amide bonds. The number of ether oxygens (including phenoxy) is 2. The molecule has 10 heteroatoms. The number of benzene rings is 1. The van der Waals surface area contributed by atoms with Gasteiger partial charge in [-0.2, -0.15) is 0 Å². The zero-order valence-electron chi connectivity index (χ0n) is 24.5. The molecule has 1 heterocycles. The van der Waals surface area contributed by atoms with Crippen molar-refractivity contribution in [2.75, 3.05) is 13.7 Å². The van der Waals surface area contributed by atoms with Crippen molar-refractivity contribution in [1.29, 1.82) is 0 Å². The molecule has 2 bridgehead atoms. The number of nitrogens with zero attached hydrogens (tertiary/aromatic N) is 2. The molecule has 1 aromatic rings. The van der Waals surface area contributed by atoms with Crippen LogP contribution in [0.2, 0.25) is 0 Å². The summed E-state index contributed by atoms with van der Waals surface area (Å²) in [6.07, 6.45) is 2.38. The van der Waals surface area contributed by atoms with Gasteiger partial charge >= 0.3 is 11.8 Å². The summed E-state index contributed by atoms with van der Waals surface area (Å²) in [5.41, 5.74) is -1.94. The van der Waals surface area contributed by atoms with E-state index < -0.39 is 45.4 Å². The van der Waals surface area contributed by atoms with E-state index in [9.17, 15) is 29.6 Å². The lowest BCUT2D eigenvalue weighted by molar-refractivity contribution is -0.386. The van der Waals surface area contributed by atoms with Gasteiger partial charge in [0, 0.05) is 35.3 Å². The number of carbonyl (C=O) groups is 3. The van der Waals surface area contributed by atoms with Crippen LogP contribution in [0.1, 0.15) is 75.7 Å². The van der Waals surface area contributed by atoms with E-state index >= 15 is 0 Å². The molecule has 1 aliphatic heterocycles. The van der Waals surface area contributed by atoms with Gasteiger partial charge in [-0.1, -0.05) is 33.8 Å². The predicted molar refractivity (Wildman–Crippen MR) is 149 cm³/mol. The Hall–Kier alpha value is -3.27. The molecule has 1 aromatic carbocycles. The second kappa shape index (κ2) is 9.93. The van der Waals surface area contributed by atoms with Crippen molar-refractivity contribution in [2.24, 2.45) is 34.0 Å². The monoisotopic (exact) mass is 568 g/mol. The quantitative estimate of drug-likeness (QED) is 0.301. The highest BCUT2D eigenvalue weighted by atomic mass is 16.6. The van der Waals surface area contributed by atoms with Crippen molar-refractivity contribution in [1.82, 2.24) is 4.90 Å². The Balaban J connectivity index is 1.53. The van der Waals surface area contributed by atoms with Gasteiger partial charge in [-0.15, -0.1) is 6.58 Å². The molecule has 4 aliphatic rings. The van der Waals surface area contributed by atoms with Crippen molar-refractivity contribution in [2.45, 2.75) is 78.4 Å². The molecule has 1 unspecified atom stereocenters. The van der Waals surface area contributed by atoms with E-state index in [0.29, 0.717) is 12.8 Å². The minimum Gasteiger partial charge on any atom is -0.490 e. The van der Waals surface area contributed by atoms with Crippen molar-refractivity contribution in [3.05, 3.63) is 46.0 Å². The first-order chi connectivity index (χ1) is 19.3. The van der Waals surface area contributed by atoms with Gasteiger partial charge in [-0.25, -0.2) is 9.69 Å². The number of aliphatic hydroxyl groups is 1. The first-order valence-corrected chi connectivity index (χ1v) is 14.5. The van der Waals surface area contributed by atoms with Gasteiger partial charge in [0.15, 0.2) is 5.75 Å². The van der Waals surface area contributed by atoms with Gasteiger partial charge in [-0.3, -0.25) is 19.7 Å². The number of Topliss-reactive ketones (excluding diaryl/α,β-unsaturated/α-hetero) is 1. The van der Waals surface area contributed by atoms with Gasteiger partial charge in [0.2, 0.25) is 0 Å². The molecule has 0 radical (unpaired) electrons. The van der Waals surface area contributed by atoms with Gasteiger partial charge in [-0.05, 0) is 61.5 Å². The van der Waals surface area contributed by atoms with Crippen LogP contribution in [0.4, 0.5) is 10.5 Å². The van der Waals surface area contributed by atoms with Crippen molar-refractivity contribution in [3.8, 4) is 5.75 Å². The van der Waals surface area contributed by atoms with E-state index in [1.807, 2.05) is 20.8 Å². The fourth-order valence-electron chi connectivity index (χ4n) is 8.76. The summed E-state index contributed by atoms with van der Waals surface area (Å²) >= 11 is 0. The van der Waals surface area contributed by atoms with Crippen LogP contribution >= 0.6 is 0 Å². The third-order valence-electron chi connectivity index (χ3n) is 11.5. The number of nitro groups is 1. The van der Waals surface area contributed by atoms with Crippen LogP contribution in [0, 0.1) is 44.1 Å². The normalized spacial score (nSPS) is 38.3. The largest absolute Gasteiger partial charge is 0.490 e. The van der Waals surface area contributed by atoms with E-state index in [1.165, 1.54) is 19.2 Å². The Labute approximate surface area is 240 Å². The molecule has 1 N–H and O–H groups in total. The highest BCUT2D eigenvalue weighted by Crippen LogP contribution is 2.68. The maximum atomic E-state index is 13.8. The summed E-state index contributed by atoms with van der Waals surface area (Å²) in [4.78, 5) is 53.1. The average Bonchev–Trinajstić information content (AvgIpc) is 3.30. The van der Waals surface area contributed by atoms with Crippen molar-refractivity contribution in [3.63, 3.8) is 0 Å². The number of imide groups is 1. The number of aliphatic hydroxyl groups excluding tert-OH is 1. The topological polar surface area (TPSA) is 136 Å². The molecule has 0 spiro atoms. The van der Waals surface area contributed by atoms with E-state index in [0.717, 1.165) is 17.7 Å². The third-order valence-corrected chi connectivity index (χ3v) is 11.5. The first kappa shape index (κ1) is 29.2. The molecule has 0 saturated heterocycles. The zero-order chi connectivity index (χ0) is 30.1. The lowest BCUT2D eigenvalue weighted by Gasteiger charge is -2.61. The number of carbonyl (C=O) groups excluding carboxylic acids is 3. The second-order valence-corrected chi connectivity index (χ2v) is 13.1. The lowest BCUT2D eigenvalue weighted by Crippen LogP contribution is -2.63. The SMILES string of the molecule is C=C[C@]1(C)C[C@@H](OC(=O)N2CCc3c(ccc(OC)c3[N+](=O)[O-])C2=O)[C@@]2(C)C3C(=O)CC[C@@]3(CC[C@H]2C)[C@@H](C)[C@@H]1O. The van der Waals surface area contributed by atoms with Crippen LogP contribution in [0.25, 0.3) is 0 Å². The Bertz CT molecular complexity index is 1330. The minimum atomic E-state index is -0.853. The van der Waals surface area contributed by atoms with Crippen LogP contribution in [-0.2, 0) is 16.0 Å². The highest BCUT2D eigenvalue weighted by Gasteiger charge is 2.68. The lowest BCUT2D eigenvalue weighted by atomic mass is 9.44. The smallest absolute Gasteiger partial charge is 0.417 e. The molecule has 222 valence electrons. The average molecular weight is 569 g/mol. The fraction of sp³-hybridized carbons (Fsp3) is 0.645. The number of nitro benzene ring substituents is 1. The molecule has 3 saturated carbocycles. The molecule has 3 aliphatic carbocycles. The Morgan fingerprint density at radius 2 is 1.93 bits per heavy atom. The number of methoxy groups -OCH3 is 1. The van der Waals surface area contributed by atoms with Gasteiger partial charge in [0.05, 0.1) is 23.7 Å². The molecule has 3 fully saturated rings. The van der Waals surface area contributed by atoms with Crippen LogP contribution in [0.5, 0.6) is 5.75 Å². The third kappa shape index (κ3) is 4.04. The minimum absolute atomic E-state index is 0.0462. The summed E-state index contributed by atoms with van der Waals surface area (Å²) in [7, 11) is 1.32. The standard InChI is InChI=1S/C31H40N2O8/c1-7-29(4)16-23(30(5)17(2)10-13-31(18(3)26(29)35)14-11-21(34)25(30)31)41-28(37)32-15-12-19-20(27(32)36)8-9-22(40-6)24(19)33(38)39/h7-9,17-18,23,25-26,35H,1,10-16H2,2-6H3/t17-,18+,23-,25?,26+,29-,30+,31+/m1/s1. The summed E-state index contributed by atoms with van der Waals surface area (Å²) in [6.45, 7) is 12.0. The Kier molecular flexibility index (Phi) is 7.08. The van der Waals surface area contributed by atoms with Crippen molar-refractivity contribution >= 4 is 23.5 Å². The summed E-state index contributed by atoms with van der Waals surface area (Å²) in [5, 5.41) is 23.5. The molecule has 8 atom stereocenters. The second-order valence-electron chi connectivity index (χ2n) is 13.1. The maximum absolute atomic E-state index is 13.8. The predicted octanol–water partition coefficient (Wildman–Crippen LogP) is 5.10. The summed E-state index contributed by atoms with van der Waals surface area (Å²) in [5.74, 6) is -0.981. The Morgan fingerprint density at radius 1 is 1.22 bits per heavy atom. The van der Waals surface area contributed by atoms with Crippen LogP contribution in [-0.4, -0.2) is 58.6 Å². The summed E-state index contributed by atoms with van der Waals surface area (Å²) < 4.78 is 11.4. The molecular formula is C31H40N2O8. The summed E-state index contributed by atoms with van der Waals surface area (Å²) in [6, 6.07) is 2.79. The van der Waals surface area contributed by atoms with Gasteiger partial charge in [0.25, 0.3) is 5.91 Å². The highest BCUT2D eigenvalue weighted by molar-refractivity contribution is 6.05. The van der Waals surface area contributed by atoms with Gasteiger partial charge < -0.3 is 14.6 Å². The number of fused-ring (bicyclic) bond motifs is 1. The van der Waals surface area contributed by atoms with E-state index in [-0.39, 0.29) is 65.5 Å². The van der Waals surface area contributed by atoms with Crippen LogP contribution in [0.15, 0.2) is 24.8 Å². The number of amides is 2. The van der Waals surface area contributed by atoms with Crippen LogP contribution in [0.3, 0.4) is 0 Å². The molecule has 10 nitrogen and oxygen atoms in total. The fourth-order valence-corrected chi connectivity index (χ4v) is 8.76. The maximum Gasteiger partial charge on any atom is 0.417 e. The Morgan fingerprint density at radius 3 is 2.56 bits per heavy atom. The number of rotatable bonds is 4. The van der Waals surface area contributed by atoms with E-state index in [1.54, 1.807) is 6.08 Å². The number of hydrogen-bond donors (Lipinski definition) is 1. The van der Waals surface area contributed by atoms with E-state index in [2.05, 4.69) is 13.5 Å². The molecule has 0 aromatic heterocycles. The van der Waals surface area contributed by atoms with E-state index in [4.69, 9.17) is 9.47 Å². The number of ketones is 1. The molecule has 41 heavy (non-hydrogen) atoms. The van der Waals surface area contributed by atoms with Crippen LogP contribution < -0.4 is 4.74 Å². The van der Waals surface area contributed by atoms with Gasteiger partial charge in [0.1, 0.15) is 11.9 Å². The first-order valence-electron chi connectivity index (χ1n) is 14.5.